The van der Waals surface area contributed by atoms with Crippen LogP contribution in [0, 0.1) is 16.7 Å². The number of hydrogen-bond donors (Lipinski definition) is 1. The van der Waals surface area contributed by atoms with Crippen LogP contribution in [0.4, 0.5) is 0 Å². The number of aryl methyl sites for hydroxylation is 1. The minimum absolute atomic E-state index is 0.0358. The number of amides is 2. The lowest BCUT2D eigenvalue weighted by Crippen LogP contribution is -2.48. The van der Waals surface area contributed by atoms with E-state index in [1.165, 1.54) is 0 Å². The monoisotopic (exact) mass is 421 g/mol. The van der Waals surface area contributed by atoms with Gasteiger partial charge in [0.15, 0.2) is 0 Å². The average Bonchev–Trinajstić information content (AvgIpc) is 3.12. The fraction of sp³-hybridized carbons (Fsp3) is 0.783. The van der Waals surface area contributed by atoms with Crippen molar-refractivity contribution in [3.63, 3.8) is 0 Å². The lowest BCUT2D eigenvalue weighted by atomic mass is 9.65. The third-order valence-corrected chi connectivity index (χ3v) is 8.14. The quantitative estimate of drug-likeness (QED) is 0.726. The van der Waals surface area contributed by atoms with Gasteiger partial charge in [-0.05, 0) is 70.3 Å². The minimum atomic E-state index is -0.551. The van der Waals surface area contributed by atoms with Crippen LogP contribution in [0.15, 0.2) is 11.2 Å². The van der Waals surface area contributed by atoms with Crippen molar-refractivity contribution in [3.05, 3.63) is 16.4 Å². The zero-order valence-electron chi connectivity index (χ0n) is 19.5. The van der Waals surface area contributed by atoms with Crippen molar-refractivity contribution in [2.24, 2.45) is 21.7 Å². The van der Waals surface area contributed by atoms with Gasteiger partial charge in [0.2, 0.25) is 5.91 Å². The molecule has 0 aromatic carbocycles. The second-order valence-electron chi connectivity index (χ2n) is 10.1. The molecule has 5 nitrogen and oxygen atoms in total. The third-order valence-electron chi connectivity index (χ3n) is 6.77. The Labute approximate surface area is 180 Å². The van der Waals surface area contributed by atoms with E-state index in [1.54, 1.807) is 11.5 Å². The molecule has 2 rings (SSSR count). The van der Waals surface area contributed by atoms with Gasteiger partial charge in [0, 0.05) is 29.8 Å². The van der Waals surface area contributed by atoms with Gasteiger partial charge in [0.1, 0.15) is 4.67 Å². The van der Waals surface area contributed by atoms with Crippen LogP contribution in [0.3, 0.4) is 0 Å². The summed E-state index contributed by atoms with van der Waals surface area (Å²) < 4.78 is 3.03. The first-order valence-electron chi connectivity index (χ1n) is 11.0. The van der Waals surface area contributed by atoms with Crippen molar-refractivity contribution in [3.8, 4) is 0 Å². The molecule has 2 amide bonds. The summed E-state index contributed by atoms with van der Waals surface area (Å²) in [6.45, 7) is 17.3. The van der Waals surface area contributed by atoms with E-state index in [1.807, 2.05) is 13.8 Å². The predicted octanol–water partition coefficient (Wildman–Crippen LogP) is 4.65. The molecule has 164 valence electrons. The highest BCUT2D eigenvalue weighted by atomic mass is 32.1. The second kappa shape index (κ2) is 8.75. The first kappa shape index (κ1) is 23.8. The number of nitrogens with zero attached hydrogens (tertiary/aromatic N) is 2. The van der Waals surface area contributed by atoms with Crippen LogP contribution in [-0.2, 0) is 21.5 Å². The lowest BCUT2D eigenvalue weighted by molar-refractivity contribution is -0.138. The maximum absolute atomic E-state index is 13.3. The predicted molar refractivity (Wildman–Crippen MR) is 120 cm³/mol. The van der Waals surface area contributed by atoms with Crippen LogP contribution in [0.5, 0.6) is 0 Å². The Bertz CT molecular complexity index is 813. The highest BCUT2D eigenvalue weighted by Crippen LogP contribution is 2.56. The SMILES string of the molecule is CCCCc1cn(C(C)(C)C)s/c1=N\C(=O)[C@@H]1CC[C@](C)(C(=O)NCC)C1(C)C. The molecule has 1 aromatic rings. The van der Waals surface area contributed by atoms with E-state index in [-0.39, 0.29) is 23.3 Å². The van der Waals surface area contributed by atoms with E-state index in [0.717, 1.165) is 29.5 Å². The molecule has 0 radical (unpaired) electrons. The standard InChI is InChI=1S/C23H39N3O2S/c1-9-11-12-16-15-26(21(3,4)5)29-19(16)25-18(27)17-13-14-23(8,22(17,6)7)20(28)24-10-2/h15,17H,9-14H2,1-8H3,(H,24,28)/b25-19-/t17-,23+/m0/s1. The smallest absolute Gasteiger partial charge is 0.250 e. The summed E-state index contributed by atoms with van der Waals surface area (Å²) in [6.07, 6.45) is 6.71. The molecule has 1 heterocycles. The number of aromatic nitrogens is 1. The molecule has 29 heavy (non-hydrogen) atoms. The van der Waals surface area contributed by atoms with Gasteiger partial charge < -0.3 is 5.32 Å². The van der Waals surface area contributed by atoms with Crippen molar-refractivity contribution < 1.29 is 9.59 Å². The van der Waals surface area contributed by atoms with Gasteiger partial charge in [0.25, 0.3) is 5.91 Å². The molecular formula is C23H39N3O2S. The Morgan fingerprint density at radius 2 is 1.93 bits per heavy atom. The molecule has 0 aliphatic heterocycles. The van der Waals surface area contributed by atoms with E-state index in [0.29, 0.717) is 19.4 Å². The average molecular weight is 422 g/mol. The number of unbranched alkanes of at least 4 members (excludes halogenated alkanes) is 1. The van der Waals surface area contributed by atoms with Crippen LogP contribution in [0.2, 0.25) is 0 Å². The highest BCUT2D eigenvalue weighted by Gasteiger charge is 2.57. The van der Waals surface area contributed by atoms with E-state index in [2.05, 4.69) is 62.0 Å². The van der Waals surface area contributed by atoms with Gasteiger partial charge in [-0.3, -0.25) is 13.5 Å². The molecule has 1 fully saturated rings. The van der Waals surface area contributed by atoms with Crippen molar-refractivity contribution >= 4 is 23.3 Å². The molecular weight excluding hydrogens is 382 g/mol. The van der Waals surface area contributed by atoms with Crippen molar-refractivity contribution in [2.45, 2.75) is 93.0 Å². The number of carbonyl (C=O) groups is 2. The van der Waals surface area contributed by atoms with Crippen LogP contribution in [0.25, 0.3) is 0 Å². The van der Waals surface area contributed by atoms with Gasteiger partial charge in [-0.2, -0.15) is 0 Å². The van der Waals surface area contributed by atoms with Gasteiger partial charge >= 0.3 is 0 Å². The van der Waals surface area contributed by atoms with Crippen molar-refractivity contribution in [1.82, 2.24) is 9.27 Å². The zero-order valence-corrected chi connectivity index (χ0v) is 20.3. The maximum Gasteiger partial charge on any atom is 0.250 e. The summed E-state index contributed by atoms with van der Waals surface area (Å²) in [7, 11) is 0. The van der Waals surface area contributed by atoms with Crippen molar-refractivity contribution in [2.75, 3.05) is 6.54 Å². The summed E-state index contributed by atoms with van der Waals surface area (Å²) in [4.78, 5) is 30.6. The highest BCUT2D eigenvalue weighted by molar-refractivity contribution is 7.04. The Kier molecular flexibility index (Phi) is 7.19. The Balaban J connectivity index is 2.39. The van der Waals surface area contributed by atoms with Crippen LogP contribution in [-0.4, -0.2) is 22.3 Å². The Morgan fingerprint density at radius 1 is 1.28 bits per heavy atom. The largest absolute Gasteiger partial charge is 0.356 e. The van der Waals surface area contributed by atoms with Gasteiger partial charge in [-0.15, -0.1) is 0 Å². The fourth-order valence-corrected chi connectivity index (χ4v) is 5.25. The van der Waals surface area contributed by atoms with Crippen LogP contribution >= 0.6 is 11.5 Å². The first-order chi connectivity index (χ1) is 13.4. The summed E-state index contributed by atoms with van der Waals surface area (Å²) in [5.41, 5.74) is 0.131. The molecule has 1 aliphatic rings. The topological polar surface area (TPSA) is 63.5 Å². The number of carbonyl (C=O) groups excluding carboxylic acids is 2. The van der Waals surface area contributed by atoms with E-state index < -0.39 is 10.8 Å². The minimum Gasteiger partial charge on any atom is -0.356 e. The van der Waals surface area contributed by atoms with Gasteiger partial charge in [-0.1, -0.05) is 34.1 Å². The third kappa shape index (κ3) is 4.68. The number of nitrogens with one attached hydrogen (secondary N) is 1. The van der Waals surface area contributed by atoms with E-state index in [9.17, 15) is 9.59 Å². The molecule has 1 aliphatic carbocycles. The summed E-state index contributed by atoms with van der Waals surface area (Å²) in [6, 6.07) is 0. The van der Waals surface area contributed by atoms with Crippen LogP contribution < -0.4 is 9.99 Å². The molecule has 0 unspecified atom stereocenters. The molecule has 0 bridgehead atoms. The van der Waals surface area contributed by atoms with Crippen LogP contribution in [0.1, 0.15) is 86.6 Å². The summed E-state index contributed by atoms with van der Waals surface area (Å²) in [5, 5.41) is 2.96. The summed E-state index contributed by atoms with van der Waals surface area (Å²) >= 11 is 1.57. The molecule has 1 aromatic heterocycles. The molecule has 1 saturated carbocycles. The fourth-order valence-electron chi connectivity index (χ4n) is 4.21. The number of rotatable bonds is 6. The van der Waals surface area contributed by atoms with Crippen molar-refractivity contribution in [1.29, 1.82) is 0 Å². The number of hydrogen-bond acceptors (Lipinski definition) is 3. The second-order valence-corrected chi connectivity index (χ2v) is 11.1. The zero-order chi connectivity index (χ0) is 22.0. The summed E-state index contributed by atoms with van der Waals surface area (Å²) in [5.74, 6) is -0.270. The molecule has 6 heteroatoms. The Hall–Kier alpha value is -1.43. The lowest BCUT2D eigenvalue weighted by Gasteiger charge is -2.39. The molecule has 1 N–H and O–H groups in total. The van der Waals surface area contributed by atoms with Gasteiger partial charge in [-0.25, -0.2) is 4.99 Å². The van der Waals surface area contributed by atoms with E-state index >= 15 is 0 Å². The van der Waals surface area contributed by atoms with Gasteiger partial charge in [0.05, 0.1) is 5.41 Å². The normalized spacial score (nSPS) is 24.7. The molecule has 2 atom stereocenters. The maximum atomic E-state index is 13.3. The first-order valence-corrected chi connectivity index (χ1v) is 11.7. The van der Waals surface area contributed by atoms with E-state index in [4.69, 9.17) is 0 Å². The molecule has 0 spiro atoms. The Morgan fingerprint density at radius 3 is 2.48 bits per heavy atom. The molecule has 0 saturated heterocycles.